The van der Waals surface area contributed by atoms with Gasteiger partial charge in [-0.05, 0) is 160 Å². The van der Waals surface area contributed by atoms with E-state index in [1.165, 1.54) is 103 Å². The lowest BCUT2D eigenvalue weighted by molar-refractivity contribution is 0.467. The molecule has 6 aliphatic heterocycles. The first kappa shape index (κ1) is 41.8. The van der Waals surface area contributed by atoms with Gasteiger partial charge in [0.2, 0.25) is 6.71 Å². The van der Waals surface area contributed by atoms with E-state index in [4.69, 9.17) is 9.47 Å². The Morgan fingerprint density at radius 3 is 1.45 bits per heavy atom. The summed E-state index contributed by atoms with van der Waals surface area (Å²) >= 11 is 3.90. The molecule has 338 valence electrons. The third-order valence-electron chi connectivity index (χ3n) is 15.7. The van der Waals surface area contributed by atoms with Crippen LogP contribution in [-0.4, -0.2) is 20.1 Å². The number of rotatable bonds is 2. The smallest absolute Gasteiger partial charge is 0.260 e. The van der Waals surface area contributed by atoms with E-state index < -0.39 is 0 Å². The number of nitrogens with zero attached hydrogens (tertiary/aromatic N) is 2. The highest BCUT2D eigenvalue weighted by Crippen LogP contribution is 2.52. The molecule has 9 aromatic carbocycles. The number of para-hydroxylation sites is 2. The monoisotopic (exact) mass is 948 g/mol. The van der Waals surface area contributed by atoms with Crippen LogP contribution < -0.4 is 68.4 Å². The van der Waals surface area contributed by atoms with Gasteiger partial charge < -0.3 is 19.3 Å². The van der Waals surface area contributed by atoms with Crippen molar-refractivity contribution in [2.75, 3.05) is 9.80 Å². The number of fused-ring (bicyclic) bond motifs is 14. The molecule has 9 heteroatoms. The highest BCUT2D eigenvalue weighted by atomic mass is 32.2. The van der Waals surface area contributed by atoms with Gasteiger partial charge in [0.05, 0.1) is 0 Å². The normalized spacial score (nSPS) is 14.7. The SMILES string of the molecule is Cc1cc(C)cc(N2c3cc(C(C)(C)C)cc4c3B(c3c2cc2c5c3Oc3ccccc3B5c3ccccc3O2)c2c(cc3c5c2Sc2ccccc2B5c2ccccc2S3)N4c2cc(C)cc(C)c2)c1. The zero-order chi connectivity index (χ0) is 47.8. The van der Waals surface area contributed by atoms with E-state index in [1.807, 2.05) is 23.5 Å². The van der Waals surface area contributed by atoms with Gasteiger partial charge >= 0.3 is 0 Å². The minimum absolute atomic E-state index is 0.0748. The molecule has 0 spiro atoms. The topological polar surface area (TPSA) is 24.9 Å². The second-order valence-electron chi connectivity index (χ2n) is 21.5. The second-order valence-corrected chi connectivity index (χ2v) is 23.6. The summed E-state index contributed by atoms with van der Waals surface area (Å²) in [5.41, 5.74) is 24.4. The Morgan fingerprint density at radius 1 is 0.394 bits per heavy atom. The fourth-order valence-electron chi connectivity index (χ4n) is 13.0. The maximum Gasteiger partial charge on any atom is 0.260 e. The van der Waals surface area contributed by atoms with Gasteiger partial charge in [-0.1, -0.05) is 140 Å². The Bertz CT molecular complexity index is 3580. The van der Waals surface area contributed by atoms with Crippen molar-refractivity contribution in [3.8, 4) is 23.0 Å². The molecule has 0 saturated carbocycles. The van der Waals surface area contributed by atoms with E-state index in [0.717, 1.165) is 50.8 Å². The van der Waals surface area contributed by atoms with E-state index in [2.05, 4.69) is 216 Å². The van der Waals surface area contributed by atoms with Gasteiger partial charge in [-0.2, -0.15) is 0 Å². The van der Waals surface area contributed by atoms with Gasteiger partial charge in [-0.25, -0.2) is 0 Å². The molecule has 0 saturated heterocycles. The Morgan fingerprint density at radius 2 is 0.873 bits per heavy atom. The summed E-state index contributed by atoms with van der Waals surface area (Å²) in [6.45, 7) is 15.8. The van der Waals surface area contributed by atoms with Crippen molar-refractivity contribution < 1.29 is 9.47 Å². The van der Waals surface area contributed by atoms with Gasteiger partial charge in [-0.15, -0.1) is 0 Å². The first-order valence-electron chi connectivity index (χ1n) is 24.9. The standard InChI is InChI=1S/C62H47B3N2O2S2/c1-34-24-35(2)27-39(26-34)66-45-30-38(62(5,6)7)31-46-55(45)65(56-47(66)32-51-58-60(56)69-50-21-13-9-17-42(50)63(58)41-16-8-12-20-49(41)68-51)57-48(67(46)40-28-36(3)25-37(4)29-40)33-54-59-61(57)71-53-23-15-11-19-44(53)64(59)43-18-10-14-22-52(43)70-54/h8-33H,1-7H3. The third kappa shape index (κ3) is 5.94. The fourth-order valence-corrected chi connectivity index (χ4v) is 15.6. The summed E-state index contributed by atoms with van der Waals surface area (Å²) in [4.78, 5) is 10.5. The van der Waals surface area contributed by atoms with Gasteiger partial charge in [0.25, 0.3) is 13.4 Å². The first-order chi connectivity index (χ1) is 34.5. The predicted molar refractivity (Wildman–Crippen MR) is 302 cm³/mol. The third-order valence-corrected chi connectivity index (χ3v) is 18.1. The molecule has 0 N–H and O–H groups in total. The lowest BCUT2D eigenvalue weighted by atomic mass is 9.29. The summed E-state index contributed by atoms with van der Waals surface area (Å²) in [5, 5.41) is 0. The van der Waals surface area contributed by atoms with Crippen molar-refractivity contribution in [2.45, 2.75) is 73.5 Å². The molecule has 15 rings (SSSR count). The average Bonchev–Trinajstić information content (AvgIpc) is 3.35. The summed E-state index contributed by atoms with van der Waals surface area (Å²) in [6.07, 6.45) is 0. The number of aryl methyl sites for hydroxylation is 4. The van der Waals surface area contributed by atoms with Crippen LogP contribution in [0.15, 0.2) is 177 Å². The van der Waals surface area contributed by atoms with Gasteiger partial charge in [0, 0.05) is 65.2 Å². The minimum Gasteiger partial charge on any atom is -0.459 e. The molecule has 0 fully saturated rings. The average molecular weight is 949 g/mol. The highest BCUT2D eigenvalue weighted by Gasteiger charge is 2.53. The molecule has 0 amide bonds. The summed E-state index contributed by atoms with van der Waals surface area (Å²) in [5.74, 6) is 3.53. The number of hydrogen-bond donors (Lipinski definition) is 0. The molecule has 0 radical (unpaired) electrons. The summed E-state index contributed by atoms with van der Waals surface area (Å²) < 4.78 is 14.8. The van der Waals surface area contributed by atoms with Gasteiger partial charge in [-0.3, -0.25) is 0 Å². The number of anilines is 6. The molecule has 0 bridgehead atoms. The lowest BCUT2D eigenvalue weighted by Crippen LogP contribution is -2.67. The maximum absolute atomic E-state index is 7.61. The molecule has 0 aromatic heterocycles. The van der Waals surface area contributed by atoms with E-state index >= 15 is 0 Å². The molecule has 71 heavy (non-hydrogen) atoms. The summed E-state index contributed by atoms with van der Waals surface area (Å²) in [6, 6.07) is 59.6. The molecule has 0 unspecified atom stereocenters. The van der Waals surface area contributed by atoms with Crippen molar-refractivity contribution in [3.63, 3.8) is 0 Å². The Kier molecular flexibility index (Phi) is 8.73. The highest BCUT2D eigenvalue weighted by molar-refractivity contribution is 8.01. The van der Waals surface area contributed by atoms with Crippen LogP contribution in [0.2, 0.25) is 0 Å². The molecular formula is C62H47B3N2O2S2. The Balaban J connectivity index is 1.14. The van der Waals surface area contributed by atoms with E-state index in [-0.39, 0.29) is 25.6 Å². The quantitative estimate of drug-likeness (QED) is 0.160. The van der Waals surface area contributed by atoms with Crippen molar-refractivity contribution in [2.24, 2.45) is 0 Å². The van der Waals surface area contributed by atoms with E-state index in [0.29, 0.717) is 0 Å². The van der Waals surface area contributed by atoms with Gasteiger partial charge in [0.1, 0.15) is 23.0 Å². The number of benzene rings is 9. The summed E-state index contributed by atoms with van der Waals surface area (Å²) in [7, 11) is 0. The number of ether oxygens (including phenoxy) is 2. The first-order valence-corrected chi connectivity index (χ1v) is 26.5. The van der Waals surface area contributed by atoms with Crippen molar-refractivity contribution >= 4 is 127 Å². The van der Waals surface area contributed by atoms with Crippen LogP contribution in [0, 0.1) is 27.7 Å². The van der Waals surface area contributed by atoms with Crippen LogP contribution in [0.25, 0.3) is 0 Å². The Hall–Kier alpha value is -6.93. The zero-order valence-electron chi connectivity index (χ0n) is 40.8. The van der Waals surface area contributed by atoms with Crippen LogP contribution in [0.4, 0.5) is 34.1 Å². The van der Waals surface area contributed by atoms with Crippen molar-refractivity contribution in [3.05, 3.63) is 186 Å². The molecule has 0 atom stereocenters. The van der Waals surface area contributed by atoms with Crippen LogP contribution in [0.3, 0.4) is 0 Å². The zero-order valence-corrected chi connectivity index (χ0v) is 42.4. The second kappa shape index (κ2) is 14.8. The molecule has 6 aliphatic rings. The van der Waals surface area contributed by atoms with Crippen LogP contribution >= 0.6 is 23.5 Å². The van der Waals surface area contributed by atoms with Crippen molar-refractivity contribution in [1.29, 1.82) is 0 Å². The minimum atomic E-state index is -0.215. The van der Waals surface area contributed by atoms with E-state index in [1.54, 1.807) is 0 Å². The molecule has 9 aromatic rings. The largest absolute Gasteiger partial charge is 0.459 e. The predicted octanol–water partition coefficient (Wildman–Crippen LogP) is 10.5. The fraction of sp³-hybridized carbons (Fsp3) is 0.129. The van der Waals surface area contributed by atoms with Crippen LogP contribution in [0.5, 0.6) is 23.0 Å². The van der Waals surface area contributed by atoms with Crippen LogP contribution in [0.1, 0.15) is 48.6 Å². The van der Waals surface area contributed by atoms with Crippen molar-refractivity contribution in [1.82, 2.24) is 0 Å². The molecule has 0 aliphatic carbocycles. The maximum atomic E-state index is 7.61. The number of hydrogen-bond acceptors (Lipinski definition) is 6. The Labute approximate surface area is 425 Å². The lowest BCUT2D eigenvalue weighted by Gasteiger charge is -2.48. The van der Waals surface area contributed by atoms with Crippen LogP contribution in [-0.2, 0) is 5.41 Å². The van der Waals surface area contributed by atoms with E-state index in [9.17, 15) is 0 Å². The molecule has 6 heterocycles. The van der Waals surface area contributed by atoms with Gasteiger partial charge in [0.15, 0.2) is 0 Å². The molecule has 4 nitrogen and oxygen atoms in total. The molecular weight excluding hydrogens is 901 g/mol.